The molecule has 92 valence electrons. The third-order valence-corrected chi connectivity index (χ3v) is 4.10. The first kappa shape index (κ1) is 12.9. The second-order valence-electron chi connectivity index (χ2n) is 3.99. The summed E-state index contributed by atoms with van der Waals surface area (Å²) in [5.74, 6) is 0.130. The van der Waals surface area contributed by atoms with Crippen LogP contribution in [0.5, 0.6) is 0 Å². The number of hydrogen-bond donors (Lipinski definition) is 1. The van der Waals surface area contributed by atoms with Gasteiger partial charge in [-0.3, -0.25) is 4.79 Å². The maximum absolute atomic E-state index is 12.1. The Morgan fingerprint density at radius 1 is 1.59 bits per heavy atom. The molecule has 1 aromatic carbocycles. The summed E-state index contributed by atoms with van der Waals surface area (Å²) in [5.41, 5.74) is 0.864. The Morgan fingerprint density at radius 2 is 2.35 bits per heavy atom. The van der Waals surface area contributed by atoms with Gasteiger partial charge in [0, 0.05) is 16.7 Å². The van der Waals surface area contributed by atoms with Crippen molar-refractivity contribution in [3.8, 4) is 0 Å². The third-order valence-electron chi connectivity index (χ3n) is 2.87. The zero-order chi connectivity index (χ0) is 12.4. The van der Waals surface area contributed by atoms with Crippen molar-refractivity contribution in [3.63, 3.8) is 0 Å². The molecule has 1 saturated heterocycles. The van der Waals surface area contributed by atoms with Crippen molar-refractivity contribution in [1.82, 2.24) is 5.32 Å². The minimum absolute atomic E-state index is 0.0533. The minimum Gasteiger partial charge on any atom is -0.311 e. The van der Waals surface area contributed by atoms with Crippen LogP contribution in [0.15, 0.2) is 22.7 Å². The van der Waals surface area contributed by atoms with Crippen LogP contribution in [-0.2, 0) is 4.79 Å². The summed E-state index contributed by atoms with van der Waals surface area (Å²) >= 11 is 9.38. The van der Waals surface area contributed by atoms with Crippen LogP contribution in [0.2, 0.25) is 5.02 Å². The topological polar surface area (TPSA) is 32.3 Å². The molecule has 0 aromatic heterocycles. The average molecular weight is 318 g/mol. The van der Waals surface area contributed by atoms with E-state index in [0.717, 1.165) is 29.7 Å². The molecule has 0 aliphatic carbocycles. The zero-order valence-electron chi connectivity index (χ0n) is 9.54. The lowest BCUT2D eigenvalue weighted by Gasteiger charge is -2.17. The van der Waals surface area contributed by atoms with Gasteiger partial charge in [0.2, 0.25) is 5.91 Å². The van der Waals surface area contributed by atoms with Crippen molar-refractivity contribution in [2.24, 2.45) is 0 Å². The first-order chi connectivity index (χ1) is 8.13. The number of anilines is 1. The summed E-state index contributed by atoms with van der Waals surface area (Å²) in [6.45, 7) is 3.56. The van der Waals surface area contributed by atoms with Gasteiger partial charge in [-0.25, -0.2) is 0 Å². The van der Waals surface area contributed by atoms with Crippen LogP contribution >= 0.6 is 27.5 Å². The minimum atomic E-state index is -0.0533. The number of rotatable bonds is 3. The van der Waals surface area contributed by atoms with E-state index in [9.17, 15) is 4.79 Å². The van der Waals surface area contributed by atoms with Gasteiger partial charge >= 0.3 is 0 Å². The number of hydrogen-bond acceptors (Lipinski definition) is 2. The Kier molecular flexibility index (Phi) is 4.07. The van der Waals surface area contributed by atoms with Crippen molar-refractivity contribution in [2.75, 3.05) is 18.0 Å². The van der Waals surface area contributed by atoms with E-state index in [-0.39, 0.29) is 11.9 Å². The SMILES string of the molecule is CCNC1CCN(c2ccc(Br)c(Cl)c2)C1=O. The van der Waals surface area contributed by atoms with E-state index in [1.54, 1.807) is 4.90 Å². The van der Waals surface area contributed by atoms with Crippen molar-refractivity contribution in [3.05, 3.63) is 27.7 Å². The van der Waals surface area contributed by atoms with Gasteiger partial charge in [-0.15, -0.1) is 0 Å². The molecular formula is C12H14BrClN2O. The van der Waals surface area contributed by atoms with Gasteiger partial charge in [0.05, 0.1) is 11.1 Å². The van der Waals surface area contributed by atoms with E-state index in [1.165, 1.54) is 0 Å². The fourth-order valence-corrected chi connectivity index (χ4v) is 2.45. The maximum Gasteiger partial charge on any atom is 0.244 e. The average Bonchev–Trinajstić information content (AvgIpc) is 2.66. The number of benzene rings is 1. The van der Waals surface area contributed by atoms with Gasteiger partial charge in [0.25, 0.3) is 0 Å². The highest BCUT2D eigenvalue weighted by Crippen LogP contribution is 2.29. The quantitative estimate of drug-likeness (QED) is 0.930. The second-order valence-corrected chi connectivity index (χ2v) is 5.25. The molecule has 1 aliphatic rings. The highest BCUT2D eigenvalue weighted by atomic mass is 79.9. The Hall–Kier alpha value is -0.580. The number of carbonyl (C=O) groups is 1. The van der Waals surface area contributed by atoms with E-state index < -0.39 is 0 Å². The van der Waals surface area contributed by atoms with E-state index in [1.807, 2.05) is 25.1 Å². The third kappa shape index (κ3) is 2.64. The van der Waals surface area contributed by atoms with E-state index in [2.05, 4.69) is 21.2 Å². The van der Waals surface area contributed by atoms with Gasteiger partial charge in [0.1, 0.15) is 0 Å². The Balaban J connectivity index is 2.18. The molecular weight excluding hydrogens is 304 g/mol. The lowest BCUT2D eigenvalue weighted by atomic mass is 10.2. The van der Waals surface area contributed by atoms with Crippen molar-refractivity contribution in [2.45, 2.75) is 19.4 Å². The molecule has 0 radical (unpaired) electrons. The molecule has 1 atom stereocenters. The van der Waals surface area contributed by atoms with Gasteiger partial charge in [-0.2, -0.15) is 0 Å². The molecule has 1 unspecified atom stereocenters. The van der Waals surface area contributed by atoms with Crippen molar-refractivity contribution in [1.29, 1.82) is 0 Å². The summed E-state index contributed by atoms with van der Waals surface area (Å²) in [4.78, 5) is 13.9. The van der Waals surface area contributed by atoms with Crippen LogP contribution < -0.4 is 10.2 Å². The normalized spacial score (nSPS) is 20.1. The standard InChI is InChI=1S/C12H14BrClN2O/c1-2-15-11-5-6-16(12(11)17)8-3-4-9(13)10(14)7-8/h3-4,7,11,15H,2,5-6H2,1H3. The van der Waals surface area contributed by atoms with Crippen molar-refractivity contribution < 1.29 is 4.79 Å². The molecule has 1 heterocycles. The lowest BCUT2D eigenvalue weighted by molar-refractivity contribution is -0.118. The number of carbonyl (C=O) groups excluding carboxylic acids is 1. The smallest absolute Gasteiger partial charge is 0.244 e. The number of amides is 1. The molecule has 1 amide bonds. The first-order valence-corrected chi connectivity index (χ1v) is 6.80. The number of halogens is 2. The highest BCUT2D eigenvalue weighted by Gasteiger charge is 2.31. The van der Waals surface area contributed by atoms with Gasteiger partial charge in [-0.05, 0) is 47.1 Å². The Bertz CT molecular complexity index is 439. The van der Waals surface area contributed by atoms with Gasteiger partial charge < -0.3 is 10.2 Å². The van der Waals surface area contributed by atoms with Gasteiger partial charge in [0.15, 0.2) is 0 Å². The Morgan fingerprint density at radius 3 is 3.00 bits per heavy atom. The zero-order valence-corrected chi connectivity index (χ0v) is 11.9. The summed E-state index contributed by atoms with van der Waals surface area (Å²) < 4.78 is 0.845. The fraction of sp³-hybridized carbons (Fsp3) is 0.417. The van der Waals surface area contributed by atoms with Crippen LogP contribution in [0.1, 0.15) is 13.3 Å². The second kappa shape index (κ2) is 5.38. The van der Waals surface area contributed by atoms with E-state index in [0.29, 0.717) is 5.02 Å². The predicted octanol–water partition coefficient (Wildman–Crippen LogP) is 2.82. The van der Waals surface area contributed by atoms with Crippen LogP contribution in [0.3, 0.4) is 0 Å². The summed E-state index contributed by atoms with van der Waals surface area (Å²) in [7, 11) is 0. The summed E-state index contributed by atoms with van der Waals surface area (Å²) in [6.07, 6.45) is 0.848. The molecule has 1 N–H and O–H groups in total. The summed E-state index contributed by atoms with van der Waals surface area (Å²) in [6, 6.07) is 5.54. The number of nitrogens with one attached hydrogen (secondary N) is 1. The highest BCUT2D eigenvalue weighted by molar-refractivity contribution is 9.10. The van der Waals surface area contributed by atoms with E-state index >= 15 is 0 Å². The number of likely N-dealkylation sites (N-methyl/N-ethyl adjacent to an activating group) is 1. The van der Waals surface area contributed by atoms with Crippen LogP contribution in [0.25, 0.3) is 0 Å². The molecule has 5 heteroatoms. The lowest BCUT2D eigenvalue weighted by Crippen LogP contribution is -2.38. The molecule has 1 aromatic rings. The van der Waals surface area contributed by atoms with Crippen molar-refractivity contribution >= 4 is 39.1 Å². The molecule has 1 aliphatic heterocycles. The largest absolute Gasteiger partial charge is 0.311 e. The molecule has 0 bridgehead atoms. The molecule has 17 heavy (non-hydrogen) atoms. The first-order valence-electron chi connectivity index (χ1n) is 5.63. The van der Waals surface area contributed by atoms with Crippen LogP contribution in [-0.4, -0.2) is 25.0 Å². The maximum atomic E-state index is 12.1. The van der Waals surface area contributed by atoms with Crippen LogP contribution in [0, 0.1) is 0 Å². The Labute approximate surface area is 114 Å². The van der Waals surface area contributed by atoms with Gasteiger partial charge in [-0.1, -0.05) is 18.5 Å². The monoisotopic (exact) mass is 316 g/mol. The summed E-state index contributed by atoms with van der Waals surface area (Å²) in [5, 5.41) is 3.81. The molecule has 1 fully saturated rings. The van der Waals surface area contributed by atoms with Crippen LogP contribution in [0.4, 0.5) is 5.69 Å². The van der Waals surface area contributed by atoms with E-state index in [4.69, 9.17) is 11.6 Å². The molecule has 2 rings (SSSR count). The molecule has 0 saturated carbocycles. The number of nitrogens with zero attached hydrogens (tertiary/aromatic N) is 1. The molecule has 3 nitrogen and oxygen atoms in total. The molecule has 0 spiro atoms. The fourth-order valence-electron chi connectivity index (χ4n) is 2.03. The predicted molar refractivity (Wildman–Crippen MR) is 73.6 cm³/mol.